The second-order valence-electron chi connectivity index (χ2n) is 10.3. The van der Waals surface area contributed by atoms with Crippen molar-refractivity contribution in [3.8, 4) is 39.6 Å². The molecule has 2 aromatic heterocycles. The van der Waals surface area contributed by atoms with Gasteiger partial charge in [0.05, 0.1) is 17.8 Å². The molecule has 4 rings (SSSR count). The average molecular weight is 749 g/mol. The van der Waals surface area contributed by atoms with E-state index in [1.807, 2.05) is 29.6 Å². The van der Waals surface area contributed by atoms with E-state index < -0.39 is 11.9 Å². The summed E-state index contributed by atoms with van der Waals surface area (Å²) < 4.78 is 10.6. The molecule has 0 aliphatic rings. The van der Waals surface area contributed by atoms with Crippen LogP contribution in [0.2, 0.25) is 5.02 Å². The van der Waals surface area contributed by atoms with Crippen molar-refractivity contribution in [1.82, 2.24) is 15.3 Å². The first-order valence-electron chi connectivity index (χ1n) is 15.5. The van der Waals surface area contributed by atoms with Crippen LogP contribution in [0, 0.1) is 22.7 Å². The van der Waals surface area contributed by atoms with Crippen molar-refractivity contribution < 1.29 is 19.1 Å². The van der Waals surface area contributed by atoms with E-state index in [1.165, 1.54) is 23.1 Å². The second kappa shape index (κ2) is 21.0. The molecule has 51 heavy (non-hydrogen) atoms. The van der Waals surface area contributed by atoms with Crippen LogP contribution in [0.1, 0.15) is 36.6 Å². The number of pyridine rings is 1. The number of halogens is 1. The molecule has 9 N–H and O–H groups in total. The van der Waals surface area contributed by atoms with Crippen LogP contribution >= 0.6 is 34.7 Å². The predicted molar refractivity (Wildman–Crippen MR) is 200 cm³/mol. The number of thiazole rings is 1. The van der Waals surface area contributed by atoms with E-state index in [0.717, 1.165) is 35.7 Å². The van der Waals surface area contributed by atoms with Gasteiger partial charge in [-0.2, -0.15) is 10.5 Å². The number of aliphatic imine (C=N–C) groups is 1. The quantitative estimate of drug-likeness (QED) is 0.0376. The van der Waals surface area contributed by atoms with Crippen LogP contribution in [-0.2, 0) is 20.1 Å². The Morgan fingerprint density at radius 1 is 1.02 bits per heavy atom. The van der Waals surface area contributed by atoms with Crippen molar-refractivity contribution in [2.45, 2.75) is 30.5 Å². The summed E-state index contributed by atoms with van der Waals surface area (Å²) in [5, 5.41) is 26.1. The molecule has 0 aliphatic carbocycles. The van der Waals surface area contributed by atoms with E-state index in [4.69, 9.17) is 44.0 Å². The van der Waals surface area contributed by atoms with Crippen LogP contribution in [0.15, 0.2) is 63.9 Å². The summed E-state index contributed by atoms with van der Waals surface area (Å²) in [6.07, 6.45) is 2.20. The van der Waals surface area contributed by atoms with Crippen LogP contribution in [0.3, 0.4) is 0 Å². The van der Waals surface area contributed by atoms with E-state index in [2.05, 4.69) is 39.3 Å². The Bertz CT molecular complexity index is 1890. The first-order valence-corrected chi connectivity index (χ1v) is 17.7. The van der Waals surface area contributed by atoms with Crippen molar-refractivity contribution in [3.63, 3.8) is 0 Å². The number of carbonyl (C=O) groups excluding carboxylic acids is 2. The van der Waals surface area contributed by atoms with Gasteiger partial charge in [0.1, 0.15) is 59.1 Å². The number of nitrogens with one attached hydrogen (secondary N) is 1. The molecule has 2 heterocycles. The fourth-order valence-electron chi connectivity index (χ4n) is 4.12. The van der Waals surface area contributed by atoms with Gasteiger partial charge in [0, 0.05) is 33.8 Å². The lowest BCUT2D eigenvalue weighted by Gasteiger charge is -2.13. The Morgan fingerprint density at radius 2 is 1.71 bits per heavy atom. The summed E-state index contributed by atoms with van der Waals surface area (Å²) in [6, 6.07) is 18.4. The Balaban J connectivity index is 0.000000783. The Hall–Kier alpha value is -5.39. The molecule has 0 saturated heterocycles. The number of thioether (sulfide) groups is 1. The maximum absolute atomic E-state index is 11.6. The summed E-state index contributed by atoms with van der Waals surface area (Å²) >= 11 is 8.79. The van der Waals surface area contributed by atoms with Gasteiger partial charge in [-0.25, -0.2) is 9.97 Å². The maximum Gasteiger partial charge on any atom is 0.325 e. The lowest BCUT2D eigenvalue weighted by Crippen LogP contribution is -2.35. The van der Waals surface area contributed by atoms with Crippen molar-refractivity contribution in [2.75, 3.05) is 38.6 Å². The minimum absolute atomic E-state index is 0.0175. The zero-order valence-corrected chi connectivity index (χ0v) is 30.1. The minimum Gasteiger partial charge on any atom is -0.490 e. The van der Waals surface area contributed by atoms with Crippen molar-refractivity contribution in [2.24, 2.45) is 22.2 Å². The van der Waals surface area contributed by atoms with Gasteiger partial charge in [0.15, 0.2) is 5.96 Å². The van der Waals surface area contributed by atoms with Crippen molar-refractivity contribution in [3.05, 3.63) is 75.8 Å². The molecule has 0 atom stereocenters. The summed E-state index contributed by atoms with van der Waals surface area (Å²) in [4.78, 5) is 35.6. The van der Waals surface area contributed by atoms with Crippen LogP contribution in [0.25, 0.3) is 21.7 Å². The van der Waals surface area contributed by atoms with Crippen LogP contribution in [0.4, 0.5) is 5.82 Å². The number of nitrogen functional groups attached to an aromatic ring is 1. The number of unbranched alkanes of at least 4 members (excludes halogenated alkanes) is 1. The highest BCUT2D eigenvalue weighted by Gasteiger charge is 2.21. The average Bonchev–Trinajstić information content (AvgIpc) is 3.61. The molecule has 266 valence electrons. The molecular weight excluding hydrogens is 712 g/mol. The van der Waals surface area contributed by atoms with E-state index in [1.54, 1.807) is 24.3 Å². The van der Waals surface area contributed by atoms with Gasteiger partial charge in [-0.1, -0.05) is 61.0 Å². The third-order valence-corrected chi connectivity index (χ3v) is 8.80. The fraction of sp³-hybridized carbons (Fsp3) is 0.265. The molecule has 0 fully saturated rings. The minimum atomic E-state index is -0.616. The fourth-order valence-corrected chi connectivity index (χ4v) is 6.07. The van der Waals surface area contributed by atoms with Gasteiger partial charge in [0.25, 0.3) is 0 Å². The van der Waals surface area contributed by atoms with Gasteiger partial charge < -0.3 is 37.7 Å². The number of nitrogens with two attached hydrogens (primary N) is 4. The number of nitrogens with zero attached hydrogens (tertiary/aromatic N) is 5. The van der Waals surface area contributed by atoms with E-state index in [9.17, 15) is 20.1 Å². The van der Waals surface area contributed by atoms with Crippen LogP contribution < -0.4 is 33.0 Å². The standard InChI is InChI=1S/C29H24ClN7O4S2.C5H13N3/c30-19-5-1-18(2-6-19)28-36-20(15-42-28)16-43-29-23(12-32)26(22(11-31)27(34)37-29)17-3-7-21(8-4-17)40-9-10-41-25(39)14-35-24(38)13-33;1-2-3-4-8-5(6)7/h1-8,15H,9-10,13-14,16,33H2,(H2,34,37)(H,35,38);2-4H2,1H3,(H4,6,7,8). The van der Waals surface area contributed by atoms with Gasteiger partial charge in [-0.05, 0) is 36.2 Å². The second-order valence-corrected chi connectivity index (χ2v) is 12.6. The molecule has 17 heteroatoms. The van der Waals surface area contributed by atoms with E-state index in [0.29, 0.717) is 32.7 Å². The Kier molecular flexibility index (Phi) is 16.5. The highest BCUT2D eigenvalue weighted by atomic mass is 35.5. The number of guanidine groups is 1. The zero-order valence-electron chi connectivity index (χ0n) is 27.7. The number of hydrogen-bond acceptors (Lipinski definition) is 13. The van der Waals surface area contributed by atoms with Gasteiger partial charge in [-0.3, -0.25) is 14.6 Å². The molecule has 0 unspecified atom stereocenters. The number of anilines is 1. The number of rotatable bonds is 15. The number of aromatic nitrogens is 2. The highest BCUT2D eigenvalue weighted by molar-refractivity contribution is 7.98. The molecule has 4 aromatic rings. The summed E-state index contributed by atoms with van der Waals surface area (Å²) in [6.45, 7) is 2.40. The van der Waals surface area contributed by atoms with Crippen molar-refractivity contribution in [1.29, 1.82) is 10.5 Å². The lowest BCUT2D eigenvalue weighted by atomic mass is 9.97. The van der Waals surface area contributed by atoms with Gasteiger partial charge >= 0.3 is 5.97 Å². The largest absolute Gasteiger partial charge is 0.490 e. The summed E-state index contributed by atoms with van der Waals surface area (Å²) in [7, 11) is 0. The van der Waals surface area contributed by atoms with Gasteiger partial charge in [-0.15, -0.1) is 11.3 Å². The SMILES string of the molecule is CCCCN=C(N)N.N#Cc1c(N)nc(SCc2csc(-c3ccc(Cl)cc3)n2)c(C#N)c1-c1ccc(OCCOC(=O)CNC(=O)CN)cc1. The predicted octanol–water partition coefficient (Wildman–Crippen LogP) is 4.20. The third-order valence-electron chi connectivity index (χ3n) is 6.59. The lowest BCUT2D eigenvalue weighted by molar-refractivity contribution is -0.144. The smallest absolute Gasteiger partial charge is 0.325 e. The molecule has 14 nitrogen and oxygen atoms in total. The number of esters is 1. The first kappa shape index (κ1) is 40.0. The van der Waals surface area contributed by atoms with E-state index >= 15 is 0 Å². The summed E-state index contributed by atoms with van der Waals surface area (Å²) in [5.74, 6) is 0.0481. The molecule has 0 bridgehead atoms. The van der Waals surface area contributed by atoms with Crippen LogP contribution in [0.5, 0.6) is 5.75 Å². The van der Waals surface area contributed by atoms with Crippen molar-refractivity contribution >= 4 is 58.4 Å². The first-order chi connectivity index (χ1) is 24.6. The topological polar surface area (TPSA) is 254 Å². The monoisotopic (exact) mass is 748 g/mol. The third kappa shape index (κ3) is 12.8. The number of carbonyl (C=O) groups is 2. The number of ether oxygens (including phenoxy) is 2. The number of nitriles is 2. The molecule has 0 aliphatic heterocycles. The molecule has 1 amide bonds. The maximum atomic E-state index is 11.6. The molecule has 0 saturated carbocycles. The van der Waals surface area contributed by atoms with Crippen LogP contribution in [-0.4, -0.2) is 60.7 Å². The number of amides is 1. The Morgan fingerprint density at radius 3 is 2.33 bits per heavy atom. The normalized spacial score (nSPS) is 10.1. The number of hydrogen-bond donors (Lipinski definition) is 5. The molecular formula is C34H37ClN10O4S2. The summed E-state index contributed by atoms with van der Waals surface area (Å²) in [5.41, 5.74) is 24.5. The Labute approximate surface area is 308 Å². The number of benzene rings is 2. The zero-order chi connectivity index (χ0) is 37.2. The molecule has 0 radical (unpaired) electrons. The molecule has 0 spiro atoms. The highest BCUT2D eigenvalue weighted by Crippen LogP contribution is 2.37. The molecule has 2 aromatic carbocycles. The van der Waals surface area contributed by atoms with Gasteiger partial charge in [0.2, 0.25) is 5.91 Å². The van der Waals surface area contributed by atoms with E-state index in [-0.39, 0.29) is 49.2 Å².